The van der Waals surface area contributed by atoms with E-state index >= 15 is 0 Å². The van der Waals surface area contributed by atoms with Gasteiger partial charge >= 0.3 is 6.03 Å². The number of rotatable bonds is 6. The number of hydrogen-bond donors (Lipinski definition) is 3. The fourth-order valence-corrected chi connectivity index (χ4v) is 4.27. The van der Waals surface area contributed by atoms with Gasteiger partial charge in [0.1, 0.15) is 0 Å². The molecule has 27 heavy (non-hydrogen) atoms. The first-order valence-corrected chi connectivity index (χ1v) is 10.5. The zero-order chi connectivity index (χ0) is 19.1. The van der Waals surface area contributed by atoms with Crippen molar-refractivity contribution in [3.8, 4) is 0 Å². The van der Waals surface area contributed by atoms with Gasteiger partial charge in [-0.1, -0.05) is 55.7 Å². The molecule has 6 heteroatoms. The van der Waals surface area contributed by atoms with E-state index in [2.05, 4.69) is 22.0 Å². The number of imide groups is 1. The van der Waals surface area contributed by atoms with Gasteiger partial charge in [0.15, 0.2) is 0 Å². The van der Waals surface area contributed by atoms with Crippen LogP contribution in [0, 0.1) is 0 Å². The minimum Gasteiger partial charge on any atom is -0.335 e. The maximum atomic E-state index is 12.5. The van der Waals surface area contributed by atoms with Crippen molar-refractivity contribution < 1.29 is 9.59 Å². The standard InChI is InChI=1S/C21H27N3O2S/c1-15(20(25)24-21(26)23-17-11-6-3-7-12-17)22-19(18-13-8-14-27-18)16-9-4-2-5-10-16/h2,4-5,8-10,13-15,17,19,22H,3,6-7,11-12H2,1H3,(H2,23,24,25,26)/t15-,19-/m0/s1. The van der Waals surface area contributed by atoms with Gasteiger partial charge in [-0.25, -0.2) is 4.79 Å². The monoisotopic (exact) mass is 385 g/mol. The molecular formula is C21H27N3O2S. The van der Waals surface area contributed by atoms with E-state index in [4.69, 9.17) is 0 Å². The third-order valence-corrected chi connectivity index (χ3v) is 5.88. The Balaban J connectivity index is 1.58. The predicted octanol–water partition coefficient (Wildman–Crippen LogP) is 3.97. The summed E-state index contributed by atoms with van der Waals surface area (Å²) in [7, 11) is 0. The minimum absolute atomic E-state index is 0.0895. The quantitative estimate of drug-likeness (QED) is 0.704. The number of nitrogens with one attached hydrogen (secondary N) is 3. The van der Waals surface area contributed by atoms with Gasteiger partial charge in [-0.05, 0) is 36.8 Å². The molecule has 144 valence electrons. The molecule has 3 amide bonds. The van der Waals surface area contributed by atoms with Gasteiger partial charge in [-0.15, -0.1) is 11.3 Å². The highest BCUT2D eigenvalue weighted by Gasteiger charge is 2.23. The molecule has 1 aliphatic rings. The van der Waals surface area contributed by atoms with Crippen molar-refractivity contribution >= 4 is 23.3 Å². The first kappa shape index (κ1) is 19.6. The molecule has 0 radical (unpaired) electrons. The van der Waals surface area contributed by atoms with Crippen LogP contribution >= 0.6 is 11.3 Å². The summed E-state index contributed by atoms with van der Waals surface area (Å²) in [6, 6.07) is 13.3. The summed E-state index contributed by atoms with van der Waals surface area (Å²) in [5.74, 6) is -0.319. The van der Waals surface area contributed by atoms with Crippen molar-refractivity contribution in [3.63, 3.8) is 0 Å². The molecule has 0 spiro atoms. The average molecular weight is 386 g/mol. The Morgan fingerprint density at radius 2 is 1.78 bits per heavy atom. The molecule has 2 atom stereocenters. The maximum absolute atomic E-state index is 12.5. The number of urea groups is 1. The van der Waals surface area contributed by atoms with Crippen LogP contribution < -0.4 is 16.0 Å². The predicted molar refractivity (Wildman–Crippen MR) is 109 cm³/mol. The van der Waals surface area contributed by atoms with Crippen molar-refractivity contribution in [3.05, 3.63) is 58.3 Å². The van der Waals surface area contributed by atoms with Crippen LogP contribution in [0.5, 0.6) is 0 Å². The molecule has 1 fully saturated rings. The van der Waals surface area contributed by atoms with E-state index in [1.165, 1.54) is 6.42 Å². The molecule has 1 aromatic heterocycles. The van der Waals surface area contributed by atoms with Gasteiger partial charge < -0.3 is 5.32 Å². The summed E-state index contributed by atoms with van der Waals surface area (Å²) in [5, 5.41) is 10.8. The smallest absolute Gasteiger partial charge is 0.321 e. The van der Waals surface area contributed by atoms with Crippen LogP contribution in [0.4, 0.5) is 4.79 Å². The van der Waals surface area contributed by atoms with Crippen LogP contribution in [0.1, 0.15) is 55.5 Å². The van der Waals surface area contributed by atoms with Crippen LogP contribution in [0.2, 0.25) is 0 Å². The van der Waals surface area contributed by atoms with Gasteiger partial charge in [0.2, 0.25) is 5.91 Å². The second-order valence-electron chi connectivity index (χ2n) is 7.05. The molecule has 2 aromatic rings. The van der Waals surface area contributed by atoms with Crippen molar-refractivity contribution in [1.29, 1.82) is 0 Å². The lowest BCUT2D eigenvalue weighted by atomic mass is 9.96. The Hall–Kier alpha value is -2.18. The molecular weight excluding hydrogens is 358 g/mol. The minimum atomic E-state index is -0.505. The SMILES string of the molecule is C[C@H](N[C@@H](c1ccccc1)c1cccs1)C(=O)NC(=O)NC1CCCCC1. The van der Waals surface area contributed by atoms with Crippen LogP contribution in [-0.4, -0.2) is 24.0 Å². The summed E-state index contributed by atoms with van der Waals surface area (Å²) in [6.45, 7) is 1.78. The Bertz CT molecular complexity index is 727. The first-order valence-electron chi connectivity index (χ1n) is 9.59. The molecule has 1 heterocycles. The fraction of sp³-hybridized carbons (Fsp3) is 0.429. The molecule has 5 nitrogen and oxygen atoms in total. The fourth-order valence-electron chi connectivity index (χ4n) is 3.46. The van der Waals surface area contributed by atoms with E-state index in [9.17, 15) is 9.59 Å². The van der Waals surface area contributed by atoms with E-state index < -0.39 is 12.1 Å². The number of carbonyl (C=O) groups is 2. The topological polar surface area (TPSA) is 70.2 Å². The van der Waals surface area contributed by atoms with E-state index in [0.29, 0.717) is 0 Å². The van der Waals surface area contributed by atoms with Gasteiger partial charge in [0.05, 0.1) is 12.1 Å². The van der Waals surface area contributed by atoms with Crippen molar-refractivity contribution in [2.45, 2.75) is 57.2 Å². The van der Waals surface area contributed by atoms with E-state index in [1.54, 1.807) is 18.3 Å². The number of hydrogen-bond acceptors (Lipinski definition) is 4. The molecule has 1 aromatic carbocycles. The number of carbonyl (C=O) groups excluding carboxylic acids is 2. The second-order valence-corrected chi connectivity index (χ2v) is 8.02. The third kappa shape index (κ3) is 5.65. The molecule has 1 aliphatic carbocycles. The van der Waals surface area contributed by atoms with Gasteiger partial charge in [-0.3, -0.25) is 15.4 Å². The lowest BCUT2D eigenvalue weighted by Gasteiger charge is -2.24. The lowest BCUT2D eigenvalue weighted by molar-refractivity contribution is -0.121. The first-order chi connectivity index (χ1) is 13.1. The zero-order valence-corrected chi connectivity index (χ0v) is 16.4. The second kappa shape index (κ2) is 9.67. The number of benzene rings is 1. The summed E-state index contributed by atoms with van der Waals surface area (Å²) >= 11 is 1.64. The van der Waals surface area contributed by atoms with Gasteiger partial charge in [0.25, 0.3) is 0 Å². The van der Waals surface area contributed by atoms with Crippen molar-refractivity contribution in [2.24, 2.45) is 0 Å². The van der Waals surface area contributed by atoms with Crippen molar-refractivity contribution in [2.75, 3.05) is 0 Å². The molecule has 0 saturated heterocycles. The highest BCUT2D eigenvalue weighted by atomic mass is 32.1. The highest BCUT2D eigenvalue weighted by Crippen LogP contribution is 2.26. The Labute approximate surface area is 164 Å². The Kier molecular flexibility index (Phi) is 7.01. The Morgan fingerprint density at radius 1 is 1.04 bits per heavy atom. The molecule has 0 aliphatic heterocycles. The molecule has 3 rings (SSSR count). The number of thiophene rings is 1. The van der Waals surface area contributed by atoms with Crippen LogP contribution in [0.15, 0.2) is 47.8 Å². The largest absolute Gasteiger partial charge is 0.335 e. The van der Waals surface area contributed by atoms with Crippen molar-refractivity contribution in [1.82, 2.24) is 16.0 Å². The highest BCUT2D eigenvalue weighted by molar-refractivity contribution is 7.10. The van der Waals surface area contributed by atoms with Gasteiger partial charge in [-0.2, -0.15) is 0 Å². The van der Waals surface area contributed by atoms with E-state index in [1.807, 2.05) is 41.8 Å². The maximum Gasteiger partial charge on any atom is 0.321 e. The summed E-state index contributed by atoms with van der Waals surface area (Å²) in [4.78, 5) is 25.8. The lowest BCUT2D eigenvalue weighted by Crippen LogP contribution is -2.51. The summed E-state index contributed by atoms with van der Waals surface area (Å²) < 4.78 is 0. The van der Waals surface area contributed by atoms with E-state index in [0.717, 1.165) is 36.1 Å². The average Bonchev–Trinajstić information content (AvgIpc) is 3.21. The van der Waals surface area contributed by atoms with Gasteiger partial charge in [0, 0.05) is 10.9 Å². The Morgan fingerprint density at radius 3 is 2.44 bits per heavy atom. The van der Waals surface area contributed by atoms with Crippen LogP contribution in [-0.2, 0) is 4.79 Å². The van der Waals surface area contributed by atoms with Crippen LogP contribution in [0.3, 0.4) is 0 Å². The molecule has 0 unspecified atom stereocenters. The number of amides is 3. The van der Waals surface area contributed by atoms with E-state index in [-0.39, 0.29) is 18.0 Å². The zero-order valence-electron chi connectivity index (χ0n) is 15.6. The third-order valence-electron chi connectivity index (χ3n) is 4.95. The summed E-state index contributed by atoms with van der Waals surface area (Å²) in [5.41, 5.74) is 1.09. The molecule has 0 bridgehead atoms. The van der Waals surface area contributed by atoms with Crippen LogP contribution in [0.25, 0.3) is 0 Å². The molecule has 3 N–H and O–H groups in total. The summed E-state index contributed by atoms with van der Waals surface area (Å²) in [6.07, 6.45) is 5.48. The molecule has 1 saturated carbocycles. The normalized spacial score (nSPS) is 17.1.